The number of carbonyl (C=O) groups is 1. The molecule has 9 heteroatoms. The minimum Gasteiger partial charge on any atom is -0.302 e. The van der Waals surface area contributed by atoms with Crippen molar-refractivity contribution in [2.75, 3.05) is 6.26 Å². The number of H-pyrrole nitrogens is 1. The van der Waals surface area contributed by atoms with Crippen LogP contribution >= 0.6 is 23.2 Å². The van der Waals surface area contributed by atoms with Gasteiger partial charge in [0.2, 0.25) is 5.78 Å². The van der Waals surface area contributed by atoms with Crippen LogP contribution in [0.5, 0.6) is 0 Å². The van der Waals surface area contributed by atoms with Gasteiger partial charge >= 0.3 is 0 Å². The standard InChI is InChI=1S/C12H10Cl2N2O4S/c1-16-12(18)7(5-15-16)11(17)6-3-4-8(21(2,19)20)10(14)9(6)13/h3-5,15H,1-2H3. The van der Waals surface area contributed by atoms with Crippen molar-refractivity contribution in [1.82, 2.24) is 9.78 Å². The number of ketones is 1. The van der Waals surface area contributed by atoms with Crippen LogP contribution in [0.25, 0.3) is 0 Å². The fourth-order valence-corrected chi connectivity index (χ4v) is 3.40. The molecule has 112 valence electrons. The average Bonchev–Trinajstić information content (AvgIpc) is 2.71. The second-order valence-corrected chi connectivity index (χ2v) is 7.13. The lowest BCUT2D eigenvalue weighted by Crippen LogP contribution is -2.19. The van der Waals surface area contributed by atoms with Crippen molar-refractivity contribution in [1.29, 1.82) is 0 Å². The number of halogens is 2. The number of hydrogen-bond acceptors (Lipinski definition) is 4. The number of nitrogens with one attached hydrogen (secondary N) is 1. The minimum absolute atomic E-state index is 0.0363. The predicted octanol–water partition coefficient (Wildman–Crippen LogP) is 1.65. The highest BCUT2D eigenvalue weighted by Gasteiger charge is 2.23. The third kappa shape index (κ3) is 2.76. The van der Waals surface area contributed by atoms with Gasteiger partial charge in [0.25, 0.3) is 5.56 Å². The van der Waals surface area contributed by atoms with Gasteiger partial charge in [-0.15, -0.1) is 0 Å². The summed E-state index contributed by atoms with van der Waals surface area (Å²) in [5.74, 6) is -0.635. The summed E-state index contributed by atoms with van der Waals surface area (Å²) in [6, 6.07) is 2.42. The number of hydrogen-bond donors (Lipinski definition) is 1. The Bertz CT molecular complexity index is 896. The largest absolute Gasteiger partial charge is 0.302 e. The highest BCUT2D eigenvalue weighted by Crippen LogP contribution is 2.33. The molecule has 2 aromatic rings. The lowest BCUT2D eigenvalue weighted by Gasteiger charge is -2.07. The van der Waals surface area contributed by atoms with Gasteiger partial charge in [-0.2, -0.15) is 0 Å². The smallest absolute Gasteiger partial charge is 0.277 e. The Morgan fingerprint density at radius 3 is 2.29 bits per heavy atom. The van der Waals surface area contributed by atoms with Crippen LogP contribution in [0, 0.1) is 0 Å². The first-order chi connectivity index (χ1) is 9.64. The van der Waals surface area contributed by atoms with Gasteiger partial charge in [-0.05, 0) is 12.1 Å². The van der Waals surface area contributed by atoms with Gasteiger partial charge in [-0.25, -0.2) is 8.42 Å². The zero-order valence-corrected chi connectivity index (χ0v) is 13.3. The lowest BCUT2D eigenvalue weighted by atomic mass is 10.1. The van der Waals surface area contributed by atoms with E-state index in [1.807, 2.05) is 0 Å². The van der Waals surface area contributed by atoms with Crippen LogP contribution in [0.15, 0.2) is 28.0 Å². The van der Waals surface area contributed by atoms with E-state index in [0.29, 0.717) is 0 Å². The summed E-state index contributed by atoms with van der Waals surface area (Å²) in [6.07, 6.45) is 2.23. The van der Waals surface area contributed by atoms with Gasteiger partial charge in [0, 0.05) is 25.1 Å². The molecule has 0 spiro atoms. The molecular weight excluding hydrogens is 339 g/mol. The van der Waals surface area contributed by atoms with E-state index in [1.54, 1.807) is 0 Å². The van der Waals surface area contributed by atoms with E-state index in [9.17, 15) is 18.0 Å². The Morgan fingerprint density at radius 2 is 1.81 bits per heavy atom. The van der Waals surface area contributed by atoms with E-state index >= 15 is 0 Å². The van der Waals surface area contributed by atoms with Crippen LogP contribution in [0.3, 0.4) is 0 Å². The first-order valence-electron chi connectivity index (χ1n) is 5.61. The number of aromatic nitrogens is 2. The number of rotatable bonds is 3. The van der Waals surface area contributed by atoms with Crippen LogP contribution < -0.4 is 5.56 Å². The molecular formula is C12H10Cl2N2O4S. The van der Waals surface area contributed by atoms with Crippen molar-refractivity contribution < 1.29 is 13.2 Å². The second kappa shape index (κ2) is 5.32. The summed E-state index contributed by atoms with van der Waals surface area (Å²) in [5.41, 5.74) is -0.660. The third-order valence-corrected chi connectivity index (χ3v) is 5.01. The normalized spacial score (nSPS) is 11.6. The summed E-state index contributed by atoms with van der Waals surface area (Å²) in [7, 11) is -2.11. The Hall–Kier alpha value is -1.57. The van der Waals surface area contributed by atoms with Gasteiger partial charge in [0.15, 0.2) is 9.84 Å². The molecule has 0 fully saturated rings. The van der Waals surface area contributed by atoms with Crippen LogP contribution in [0.4, 0.5) is 0 Å². The molecule has 0 atom stereocenters. The molecule has 1 N–H and O–H groups in total. The molecule has 0 saturated carbocycles. The Labute approximate surface area is 130 Å². The lowest BCUT2D eigenvalue weighted by molar-refractivity contribution is 0.103. The molecule has 0 bridgehead atoms. The van der Waals surface area contributed by atoms with E-state index in [1.165, 1.54) is 25.4 Å². The minimum atomic E-state index is -3.57. The number of carbonyl (C=O) groups excluding carboxylic acids is 1. The Balaban J connectivity index is 2.62. The van der Waals surface area contributed by atoms with Crippen LogP contribution in [-0.4, -0.2) is 30.2 Å². The van der Waals surface area contributed by atoms with Crippen molar-refractivity contribution in [2.45, 2.75) is 4.90 Å². The van der Waals surface area contributed by atoms with Crippen molar-refractivity contribution in [3.8, 4) is 0 Å². The van der Waals surface area contributed by atoms with Crippen molar-refractivity contribution in [3.63, 3.8) is 0 Å². The number of aromatic amines is 1. The second-order valence-electron chi connectivity index (χ2n) is 4.39. The van der Waals surface area contributed by atoms with Gasteiger partial charge in [-0.3, -0.25) is 14.3 Å². The van der Waals surface area contributed by atoms with Crippen LogP contribution in [-0.2, 0) is 16.9 Å². The van der Waals surface area contributed by atoms with Gasteiger partial charge in [0.05, 0.1) is 14.9 Å². The maximum Gasteiger partial charge on any atom is 0.277 e. The third-order valence-electron chi connectivity index (χ3n) is 2.87. The number of benzene rings is 1. The SMILES string of the molecule is Cn1[nH]cc(C(=O)c2ccc(S(C)(=O)=O)c(Cl)c2Cl)c1=O. The summed E-state index contributed by atoms with van der Waals surface area (Å²) < 4.78 is 24.2. The molecule has 0 aliphatic rings. The summed E-state index contributed by atoms with van der Waals surface area (Å²) in [4.78, 5) is 23.9. The molecule has 2 rings (SSSR count). The highest BCUT2D eigenvalue weighted by molar-refractivity contribution is 7.90. The molecule has 1 heterocycles. The van der Waals surface area contributed by atoms with E-state index in [4.69, 9.17) is 23.2 Å². The van der Waals surface area contributed by atoms with Gasteiger partial charge in [-0.1, -0.05) is 23.2 Å². The van der Waals surface area contributed by atoms with Crippen molar-refractivity contribution in [2.24, 2.45) is 7.05 Å². The van der Waals surface area contributed by atoms with E-state index in [2.05, 4.69) is 5.10 Å². The molecule has 0 radical (unpaired) electrons. The molecule has 6 nitrogen and oxygen atoms in total. The van der Waals surface area contributed by atoms with Crippen molar-refractivity contribution >= 4 is 38.8 Å². The van der Waals surface area contributed by atoms with E-state index < -0.39 is 21.2 Å². The number of sulfone groups is 1. The fraction of sp³-hybridized carbons (Fsp3) is 0.167. The highest BCUT2D eigenvalue weighted by atomic mass is 35.5. The van der Waals surface area contributed by atoms with Crippen LogP contribution in [0.1, 0.15) is 15.9 Å². The van der Waals surface area contributed by atoms with Crippen molar-refractivity contribution in [3.05, 3.63) is 49.9 Å². The van der Waals surface area contributed by atoms with E-state index in [0.717, 1.165) is 10.9 Å². The topological polar surface area (TPSA) is 89.0 Å². The maximum atomic E-state index is 12.3. The quantitative estimate of drug-likeness (QED) is 0.854. The first-order valence-corrected chi connectivity index (χ1v) is 8.26. The summed E-state index contributed by atoms with van der Waals surface area (Å²) in [5, 5.41) is 2.13. The molecule has 1 aromatic heterocycles. The Morgan fingerprint density at radius 1 is 1.19 bits per heavy atom. The fourth-order valence-electron chi connectivity index (χ4n) is 1.76. The molecule has 21 heavy (non-hydrogen) atoms. The predicted molar refractivity (Wildman–Crippen MR) is 79.0 cm³/mol. The average molecular weight is 349 g/mol. The number of nitrogens with zero attached hydrogens (tertiary/aromatic N) is 1. The molecule has 0 saturated heterocycles. The Kier molecular flexibility index (Phi) is 4.01. The monoisotopic (exact) mass is 348 g/mol. The maximum absolute atomic E-state index is 12.3. The van der Waals surface area contributed by atoms with Gasteiger partial charge < -0.3 is 5.10 Å². The number of aryl methyl sites for hydroxylation is 1. The molecule has 0 aliphatic carbocycles. The zero-order chi connectivity index (χ0) is 15.9. The molecule has 1 aromatic carbocycles. The van der Waals surface area contributed by atoms with Crippen LogP contribution in [0.2, 0.25) is 10.0 Å². The summed E-state index contributed by atoms with van der Waals surface area (Å²) in [6.45, 7) is 0. The molecule has 0 unspecified atom stereocenters. The van der Waals surface area contributed by atoms with Gasteiger partial charge in [0.1, 0.15) is 5.56 Å². The van der Waals surface area contributed by atoms with E-state index in [-0.39, 0.29) is 26.1 Å². The molecule has 0 aliphatic heterocycles. The zero-order valence-electron chi connectivity index (χ0n) is 11.0. The molecule has 0 amide bonds. The first kappa shape index (κ1) is 15.8. The summed E-state index contributed by atoms with van der Waals surface area (Å²) >= 11 is 11.9.